The number of hydrogen-bond donors (Lipinski definition) is 0. The summed E-state index contributed by atoms with van der Waals surface area (Å²) in [6, 6.07) is 13.7. The fraction of sp³-hybridized carbons (Fsp3) is 0.250. The molecule has 6 heteroatoms. The number of nitrogens with zero attached hydrogens (tertiary/aromatic N) is 1. The van der Waals surface area contributed by atoms with Crippen LogP contribution < -0.4 is 9.47 Å². The van der Waals surface area contributed by atoms with E-state index in [1.54, 1.807) is 69.8 Å². The van der Waals surface area contributed by atoms with E-state index in [0.717, 1.165) is 5.56 Å². The van der Waals surface area contributed by atoms with Crippen molar-refractivity contribution in [3.63, 3.8) is 0 Å². The van der Waals surface area contributed by atoms with Gasteiger partial charge in [-0.15, -0.1) is 0 Å². The summed E-state index contributed by atoms with van der Waals surface area (Å²) in [6.07, 6.45) is 0. The molecule has 0 heterocycles. The first-order chi connectivity index (χ1) is 10.5. The zero-order valence-electron chi connectivity index (χ0n) is 12.8. The van der Waals surface area contributed by atoms with Gasteiger partial charge in [-0.3, -0.25) is 0 Å². The van der Waals surface area contributed by atoms with Crippen molar-refractivity contribution in [1.29, 1.82) is 0 Å². The monoisotopic (exact) mass is 321 g/mol. The zero-order valence-corrected chi connectivity index (χ0v) is 13.6. The van der Waals surface area contributed by atoms with Crippen molar-refractivity contribution in [2.75, 3.05) is 21.3 Å². The Morgan fingerprint density at radius 3 is 2.27 bits per heavy atom. The summed E-state index contributed by atoms with van der Waals surface area (Å²) in [5.41, 5.74) is 0.769. The Hall–Kier alpha value is -2.05. The van der Waals surface area contributed by atoms with Gasteiger partial charge in [0.25, 0.3) is 0 Å². The number of hydrogen-bond acceptors (Lipinski definition) is 4. The Balaban J connectivity index is 2.27. The highest BCUT2D eigenvalue weighted by molar-refractivity contribution is 7.89. The molecule has 0 bridgehead atoms. The minimum absolute atomic E-state index is 0.213. The summed E-state index contributed by atoms with van der Waals surface area (Å²) < 4.78 is 36.8. The Labute approximate surface area is 131 Å². The molecule has 0 N–H and O–H groups in total. The van der Waals surface area contributed by atoms with Gasteiger partial charge in [0, 0.05) is 25.2 Å². The fourth-order valence-electron chi connectivity index (χ4n) is 2.08. The highest BCUT2D eigenvalue weighted by Gasteiger charge is 2.21. The Kier molecular flexibility index (Phi) is 5.05. The first-order valence-electron chi connectivity index (χ1n) is 6.71. The maximum absolute atomic E-state index is 12.5. The summed E-state index contributed by atoms with van der Waals surface area (Å²) in [5, 5.41) is 0. The maximum Gasteiger partial charge on any atom is 0.243 e. The van der Waals surface area contributed by atoms with Gasteiger partial charge < -0.3 is 9.47 Å². The fourth-order valence-corrected chi connectivity index (χ4v) is 3.25. The molecular formula is C16H19NO4S. The summed E-state index contributed by atoms with van der Waals surface area (Å²) >= 11 is 0. The number of rotatable bonds is 6. The smallest absolute Gasteiger partial charge is 0.243 e. The van der Waals surface area contributed by atoms with Crippen LogP contribution in [0.5, 0.6) is 11.5 Å². The molecule has 5 nitrogen and oxygen atoms in total. The van der Waals surface area contributed by atoms with E-state index >= 15 is 0 Å². The predicted molar refractivity (Wildman–Crippen MR) is 84.6 cm³/mol. The SMILES string of the molecule is COc1ccc(CN(C)S(=O)(=O)c2ccccc2)c(OC)c1. The highest BCUT2D eigenvalue weighted by Crippen LogP contribution is 2.27. The topological polar surface area (TPSA) is 55.8 Å². The second-order valence-electron chi connectivity index (χ2n) is 4.75. The van der Waals surface area contributed by atoms with Crippen LogP contribution in [-0.2, 0) is 16.6 Å². The van der Waals surface area contributed by atoms with E-state index in [1.165, 1.54) is 4.31 Å². The summed E-state index contributed by atoms with van der Waals surface area (Å²) in [5.74, 6) is 1.25. The molecule has 0 aliphatic rings. The molecule has 0 amide bonds. The van der Waals surface area contributed by atoms with Gasteiger partial charge in [-0.05, 0) is 18.2 Å². The van der Waals surface area contributed by atoms with E-state index in [2.05, 4.69) is 0 Å². The van der Waals surface area contributed by atoms with Crippen LogP contribution in [0.1, 0.15) is 5.56 Å². The van der Waals surface area contributed by atoms with Crippen LogP contribution in [0.15, 0.2) is 53.4 Å². The number of ether oxygens (including phenoxy) is 2. The average molecular weight is 321 g/mol. The molecule has 0 saturated heterocycles. The Morgan fingerprint density at radius 1 is 1.00 bits per heavy atom. The lowest BCUT2D eigenvalue weighted by Gasteiger charge is -2.19. The lowest BCUT2D eigenvalue weighted by atomic mass is 10.2. The van der Waals surface area contributed by atoms with Crippen molar-refractivity contribution in [3.8, 4) is 11.5 Å². The van der Waals surface area contributed by atoms with Crippen LogP contribution in [0.4, 0.5) is 0 Å². The van der Waals surface area contributed by atoms with Crippen molar-refractivity contribution >= 4 is 10.0 Å². The summed E-state index contributed by atoms with van der Waals surface area (Å²) in [6.45, 7) is 0.213. The largest absolute Gasteiger partial charge is 0.497 e. The molecule has 0 saturated carbocycles. The molecule has 0 spiro atoms. The predicted octanol–water partition coefficient (Wildman–Crippen LogP) is 2.52. The minimum Gasteiger partial charge on any atom is -0.497 e. The molecule has 0 unspecified atom stereocenters. The van der Waals surface area contributed by atoms with Gasteiger partial charge in [0.2, 0.25) is 10.0 Å². The first kappa shape index (κ1) is 16.3. The summed E-state index contributed by atoms with van der Waals surface area (Å²) in [7, 11) is 1.13. The van der Waals surface area contributed by atoms with E-state index in [1.807, 2.05) is 0 Å². The number of methoxy groups -OCH3 is 2. The van der Waals surface area contributed by atoms with Crippen molar-refractivity contribution in [1.82, 2.24) is 4.31 Å². The van der Waals surface area contributed by atoms with E-state index < -0.39 is 10.0 Å². The second-order valence-corrected chi connectivity index (χ2v) is 6.80. The number of sulfonamides is 1. The van der Waals surface area contributed by atoms with Crippen LogP contribution in [0.2, 0.25) is 0 Å². The zero-order chi connectivity index (χ0) is 16.2. The average Bonchev–Trinajstić information content (AvgIpc) is 2.55. The molecule has 118 valence electrons. The third kappa shape index (κ3) is 3.40. The molecule has 2 aromatic carbocycles. The first-order valence-corrected chi connectivity index (χ1v) is 8.15. The lowest BCUT2D eigenvalue weighted by molar-refractivity contribution is 0.384. The Bertz CT molecular complexity index is 729. The summed E-state index contributed by atoms with van der Waals surface area (Å²) in [4.78, 5) is 0.268. The Morgan fingerprint density at radius 2 is 1.68 bits per heavy atom. The van der Waals surface area contributed by atoms with Crippen molar-refractivity contribution in [2.24, 2.45) is 0 Å². The molecular weight excluding hydrogens is 302 g/mol. The molecule has 22 heavy (non-hydrogen) atoms. The molecule has 0 aliphatic carbocycles. The maximum atomic E-state index is 12.5. The minimum atomic E-state index is -3.53. The number of benzene rings is 2. The van der Waals surface area contributed by atoms with Gasteiger partial charge in [-0.2, -0.15) is 4.31 Å². The van der Waals surface area contributed by atoms with E-state index in [0.29, 0.717) is 11.5 Å². The standard InChI is InChI=1S/C16H19NO4S/c1-17(22(18,19)15-7-5-4-6-8-15)12-13-9-10-14(20-2)11-16(13)21-3/h4-11H,12H2,1-3H3. The van der Waals surface area contributed by atoms with Gasteiger partial charge in [-0.25, -0.2) is 8.42 Å². The van der Waals surface area contributed by atoms with Crippen molar-refractivity contribution in [3.05, 3.63) is 54.1 Å². The van der Waals surface area contributed by atoms with Crippen LogP contribution in [0.25, 0.3) is 0 Å². The third-order valence-corrected chi connectivity index (χ3v) is 5.16. The molecule has 0 atom stereocenters. The van der Waals surface area contributed by atoms with Crippen LogP contribution in [0, 0.1) is 0 Å². The van der Waals surface area contributed by atoms with Gasteiger partial charge in [-0.1, -0.05) is 24.3 Å². The third-order valence-electron chi connectivity index (χ3n) is 3.34. The molecule has 2 aromatic rings. The molecule has 0 aromatic heterocycles. The van der Waals surface area contributed by atoms with E-state index in [4.69, 9.17) is 9.47 Å². The van der Waals surface area contributed by atoms with Gasteiger partial charge in [0.05, 0.1) is 19.1 Å². The van der Waals surface area contributed by atoms with Gasteiger partial charge in [0.15, 0.2) is 0 Å². The molecule has 0 aliphatic heterocycles. The van der Waals surface area contributed by atoms with Gasteiger partial charge in [0.1, 0.15) is 11.5 Å². The lowest BCUT2D eigenvalue weighted by Crippen LogP contribution is -2.26. The molecule has 0 radical (unpaired) electrons. The normalized spacial score (nSPS) is 11.5. The van der Waals surface area contributed by atoms with Crippen LogP contribution in [-0.4, -0.2) is 34.0 Å². The highest BCUT2D eigenvalue weighted by atomic mass is 32.2. The van der Waals surface area contributed by atoms with E-state index in [9.17, 15) is 8.42 Å². The van der Waals surface area contributed by atoms with E-state index in [-0.39, 0.29) is 11.4 Å². The van der Waals surface area contributed by atoms with Crippen LogP contribution >= 0.6 is 0 Å². The molecule has 2 rings (SSSR count). The quantitative estimate of drug-likeness (QED) is 0.820. The van der Waals surface area contributed by atoms with Crippen molar-refractivity contribution < 1.29 is 17.9 Å². The molecule has 0 fully saturated rings. The van der Waals surface area contributed by atoms with Crippen molar-refractivity contribution in [2.45, 2.75) is 11.4 Å². The van der Waals surface area contributed by atoms with Crippen LogP contribution in [0.3, 0.4) is 0 Å². The van der Waals surface area contributed by atoms with Gasteiger partial charge >= 0.3 is 0 Å². The second kappa shape index (κ2) is 6.81.